The van der Waals surface area contributed by atoms with E-state index in [-0.39, 0.29) is 0 Å². The van der Waals surface area contributed by atoms with Gasteiger partial charge in [0.15, 0.2) is 0 Å². The SMILES string of the molecule is CCCCCCCCCCCC(CCCCOc1ccc2cc[nH]c2c1)OC. The molecule has 28 heavy (non-hydrogen) atoms. The van der Waals surface area contributed by atoms with Gasteiger partial charge < -0.3 is 14.5 Å². The summed E-state index contributed by atoms with van der Waals surface area (Å²) in [4.78, 5) is 3.23. The predicted molar refractivity (Wildman–Crippen MR) is 120 cm³/mol. The molecule has 0 bridgehead atoms. The molecule has 1 aromatic carbocycles. The molecule has 0 saturated heterocycles. The first-order valence-electron chi connectivity index (χ1n) is 11.6. The molecular weight excluding hydrogens is 346 g/mol. The summed E-state index contributed by atoms with van der Waals surface area (Å²) >= 11 is 0. The van der Waals surface area contributed by atoms with E-state index in [2.05, 4.69) is 36.2 Å². The molecule has 0 fully saturated rings. The highest BCUT2D eigenvalue weighted by Gasteiger charge is 2.07. The number of hydrogen-bond donors (Lipinski definition) is 1. The minimum Gasteiger partial charge on any atom is -0.494 e. The second-order valence-electron chi connectivity index (χ2n) is 8.05. The Morgan fingerprint density at radius 1 is 0.821 bits per heavy atom. The summed E-state index contributed by atoms with van der Waals surface area (Å²) in [6, 6.07) is 8.32. The smallest absolute Gasteiger partial charge is 0.121 e. The lowest BCUT2D eigenvalue weighted by Crippen LogP contribution is -2.11. The van der Waals surface area contributed by atoms with Crippen LogP contribution in [-0.4, -0.2) is 24.8 Å². The lowest BCUT2D eigenvalue weighted by atomic mass is 10.0. The molecule has 1 N–H and O–H groups in total. The van der Waals surface area contributed by atoms with Crippen molar-refractivity contribution in [3.8, 4) is 5.75 Å². The Kier molecular flexibility index (Phi) is 11.8. The Balaban J connectivity index is 1.45. The van der Waals surface area contributed by atoms with E-state index >= 15 is 0 Å². The number of aromatic amines is 1. The lowest BCUT2D eigenvalue weighted by Gasteiger charge is -2.15. The quantitative estimate of drug-likeness (QED) is 0.283. The molecule has 0 aliphatic rings. The van der Waals surface area contributed by atoms with Crippen molar-refractivity contribution in [3.63, 3.8) is 0 Å². The van der Waals surface area contributed by atoms with Crippen molar-refractivity contribution in [2.45, 2.75) is 96.5 Å². The zero-order chi connectivity index (χ0) is 19.9. The minimum atomic E-state index is 0.417. The summed E-state index contributed by atoms with van der Waals surface area (Å²) in [6.07, 6.45) is 19.5. The molecule has 1 unspecified atom stereocenters. The Hall–Kier alpha value is -1.48. The van der Waals surface area contributed by atoms with Crippen molar-refractivity contribution < 1.29 is 9.47 Å². The summed E-state index contributed by atoms with van der Waals surface area (Å²) < 4.78 is 11.6. The van der Waals surface area contributed by atoms with Crippen molar-refractivity contribution in [1.29, 1.82) is 0 Å². The summed E-state index contributed by atoms with van der Waals surface area (Å²) in [5, 5.41) is 1.23. The third-order valence-corrected chi connectivity index (χ3v) is 5.68. The maximum Gasteiger partial charge on any atom is 0.121 e. The highest BCUT2D eigenvalue weighted by atomic mass is 16.5. The lowest BCUT2D eigenvalue weighted by molar-refractivity contribution is 0.0822. The molecule has 158 valence electrons. The number of methoxy groups -OCH3 is 1. The van der Waals surface area contributed by atoms with Gasteiger partial charge in [-0.2, -0.15) is 0 Å². The van der Waals surface area contributed by atoms with Gasteiger partial charge in [0, 0.05) is 24.9 Å². The first-order chi connectivity index (χ1) is 13.8. The summed E-state index contributed by atoms with van der Waals surface area (Å²) in [7, 11) is 1.86. The monoisotopic (exact) mass is 387 g/mol. The van der Waals surface area contributed by atoms with E-state index in [1.807, 2.05) is 13.3 Å². The number of rotatable bonds is 17. The minimum absolute atomic E-state index is 0.417. The molecule has 2 aromatic rings. The van der Waals surface area contributed by atoms with Crippen LogP contribution in [0, 0.1) is 0 Å². The molecule has 0 aliphatic heterocycles. The fourth-order valence-electron chi connectivity index (χ4n) is 3.84. The zero-order valence-corrected chi connectivity index (χ0v) is 18.2. The van der Waals surface area contributed by atoms with Gasteiger partial charge in [-0.3, -0.25) is 0 Å². The normalized spacial score (nSPS) is 12.5. The standard InChI is InChI=1S/C25H41NO2/c1-3-4-5-6-7-8-9-10-11-14-23(27-2)15-12-13-20-28-24-17-16-22-18-19-26-25(22)21-24/h16-19,21,23,26H,3-15,20H2,1-2H3. The van der Waals surface area contributed by atoms with Crippen molar-refractivity contribution in [1.82, 2.24) is 4.98 Å². The van der Waals surface area contributed by atoms with Crippen LogP contribution in [0.15, 0.2) is 30.5 Å². The van der Waals surface area contributed by atoms with Crippen molar-refractivity contribution >= 4 is 10.9 Å². The van der Waals surface area contributed by atoms with Gasteiger partial charge in [0.2, 0.25) is 0 Å². The molecule has 1 atom stereocenters. The molecule has 0 aliphatic carbocycles. The van der Waals surface area contributed by atoms with E-state index in [1.54, 1.807) is 0 Å². The molecule has 0 spiro atoms. The number of nitrogens with one attached hydrogen (secondary N) is 1. The molecule has 1 heterocycles. The Morgan fingerprint density at radius 3 is 2.21 bits per heavy atom. The van der Waals surface area contributed by atoms with E-state index in [0.717, 1.165) is 30.7 Å². The van der Waals surface area contributed by atoms with Crippen LogP contribution in [0.2, 0.25) is 0 Å². The van der Waals surface area contributed by atoms with Gasteiger partial charge in [-0.15, -0.1) is 0 Å². The topological polar surface area (TPSA) is 34.2 Å². The number of fused-ring (bicyclic) bond motifs is 1. The molecule has 2 rings (SSSR count). The zero-order valence-electron chi connectivity index (χ0n) is 18.2. The third-order valence-electron chi connectivity index (χ3n) is 5.68. The number of unbranched alkanes of at least 4 members (excludes halogenated alkanes) is 9. The fourth-order valence-corrected chi connectivity index (χ4v) is 3.84. The second-order valence-corrected chi connectivity index (χ2v) is 8.05. The Labute approximate surface area is 172 Å². The highest BCUT2D eigenvalue weighted by Crippen LogP contribution is 2.20. The van der Waals surface area contributed by atoms with Crippen LogP contribution in [0.5, 0.6) is 5.75 Å². The predicted octanol–water partition coefficient (Wildman–Crippen LogP) is 7.65. The van der Waals surface area contributed by atoms with Crippen LogP contribution in [0.25, 0.3) is 10.9 Å². The average Bonchev–Trinajstić information content (AvgIpc) is 3.18. The molecular formula is C25H41NO2. The number of hydrogen-bond acceptors (Lipinski definition) is 2. The van der Waals surface area contributed by atoms with E-state index < -0.39 is 0 Å². The van der Waals surface area contributed by atoms with Gasteiger partial charge in [0.1, 0.15) is 5.75 Å². The molecule has 0 radical (unpaired) electrons. The van der Waals surface area contributed by atoms with Crippen molar-refractivity contribution in [2.75, 3.05) is 13.7 Å². The van der Waals surface area contributed by atoms with Gasteiger partial charge in [-0.1, -0.05) is 64.7 Å². The first kappa shape index (κ1) is 22.8. The van der Waals surface area contributed by atoms with Crippen LogP contribution < -0.4 is 4.74 Å². The van der Waals surface area contributed by atoms with E-state index in [4.69, 9.17) is 9.47 Å². The number of H-pyrrole nitrogens is 1. The van der Waals surface area contributed by atoms with Gasteiger partial charge in [0.25, 0.3) is 0 Å². The van der Waals surface area contributed by atoms with E-state index in [9.17, 15) is 0 Å². The fraction of sp³-hybridized carbons (Fsp3) is 0.680. The van der Waals surface area contributed by atoms with Crippen LogP contribution in [0.3, 0.4) is 0 Å². The van der Waals surface area contributed by atoms with E-state index in [1.165, 1.54) is 76.0 Å². The molecule has 3 nitrogen and oxygen atoms in total. The first-order valence-corrected chi connectivity index (χ1v) is 11.6. The molecule has 1 aromatic heterocycles. The van der Waals surface area contributed by atoms with Crippen molar-refractivity contribution in [3.05, 3.63) is 30.5 Å². The summed E-state index contributed by atoms with van der Waals surface area (Å²) in [5.41, 5.74) is 1.14. The summed E-state index contributed by atoms with van der Waals surface area (Å²) in [6.45, 7) is 3.06. The van der Waals surface area contributed by atoms with Gasteiger partial charge in [-0.25, -0.2) is 0 Å². The number of benzene rings is 1. The van der Waals surface area contributed by atoms with Crippen molar-refractivity contribution in [2.24, 2.45) is 0 Å². The second kappa shape index (κ2) is 14.5. The average molecular weight is 388 g/mol. The highest BCUT2D eigenvalue weighted by molar-refractivity contribution is 5.80. The van der Waals surface area contributed by atoms with Crippen LogP contribution in [0.1, 0.15) is 90.4 Å². The van der Waals surface area contributed by atoms with Gasteiger partial charge >= 0.3 is 0 Å². The number of ether oxygens (including phenoxy) is 2. The van der Waals surface area contributed by atoms with Gasteiger partial charge in [-0.05, 0) is 49.3 Å². The van der Waals surface area contributed by atoms with Crippen LogP contribution in [-0.2, 0) is 4.74 Å². The number of aromatic nitrogens is 1. The van der Waals surface area contributed by atoms with E-state index in [0.29, 0.717) is 6.10 Å². The maximum absolute atomic E-state index is 5.90. The third kappa shape index (κ3) is 9.14. The Bertz CT molecular complexity index is 622. The molecule has 3 heteroatoms. The van der Waals surface area contributed by atoms with Gasteiger partial charge in [0.05, 0.1) is 12.7 Å². The maximum atomic E-state index is 5.90. The molecule has 0 saturated carbocycles. The Morgan fingerprint density at radius 2 is 1.50 bits per heavy atom. The summed E-state index contributed by atoms with van der Waals surface area (Å²) in [5.74, 6) is 0.952. The molecule has 0 amide bonds. The largest absolute Gasteiger partial charge is 0.494 e. The van der Waals surface area contributed by atoms with Crippen LogP contribution in [0.4, 0.5) is 0 Å². The van der Waals surface area contributed by atoms with Crippen LogP contribution >= 0.6 is 0 Å².